The normalized spacial score (nSPS) is 36.8. The second-order valence-electron chi connectivity index (χ2n) is 6.48. The largest absolute Gasteiger partial charge is 0.316 e. The summed E-state index contributed by atoms with van der Waals surface area (Å²) in [5.74, 6) is 1.70. The Labute approximate surface area is 101 Å². The molecular formula is C14H28N2. The molecule has 2 aliphatic heterocycles. The topological polar surface area (TPSA) is 15.3 Å². The Bertz CT molecular complexity index is 237. The van der Waals surface area contributed by atoms with Crippen LogP contribution in [0, 0.1) is 17.3 Å². The van der Waals surface area contributed by atoms with Gasteiger partial charge in [-0.05, 0) is 63.6 Å². The summed E-state index contributed by atoms with van der Waals surface area (Å²) in [6.45, 7) is 14.6. The van der Waals surface area contributed by atoms with Crippen LogP contribution in [0.5, 0.6) is 0 Å². The summed E-state index contributed by atoms with van der Waals surface area (Å²) in [5.41, 5.74) is 0.629. The Hall–Kier alpha value is -0.0800. The van der Waals surface area contributed by atoms with Crippen molar-refractivity contribution in [3.05, 3.63) is 0 Å². The number of hydrogen-bond donors (Lipinski definition) is 1. The van der Waals surface area contributed by atoms with Crippen LogP contribution in [0.4, 0.5) is 0 Å². The number of hydrogen-bond acceptors (Lipinski definition) is 2. The smallest absolute Gasteiger partial charge is 0.00449 e. The molecule has 0 aromatic rings. The Balaban J connectivity index is 2.10. The molecule has 0 radical (unpaired) electrons. The third kappa shape index (κ3) is 2.14. The lowest BCUT2D eigenvalue weighted by atomic mass is 9.66. The summed E-state index contributed by atoms with van der Waals surface area (Å²) in [7, 11) is 0. The van der Waals surface area contributed by atoms with Crippen LogP contribution in [-0.4, -0.2) is 37.1 Å². The van der Waals surface area contributed by atoms with E-state index in [1.54, 1.807) is 0 Å². The van der Waals surface area contributed by atoms with Gasteiger partial charge in [0.05, 0.1) is 0 Å². The SMILES string of the molecule is CC(C)C1CNCCC12CCN(C(C)C)C2. The summed E-state index contributed by atoms with van der Waals surface area (Å²) >= 11 is 0. The minimum absolute atomic E-state index is 0.629. The molecule has 2 heteroatoms. The highest BCUT2D eigenvalue weighted by Crippen LogP contribution is 2.45. The van der Waals surface area contributed by atoms with Crippen molar-refractivity contribution in [2.75, 3.05) is 26.2 Å². The van der Waals surface area contributed by atoms with E-state index in [-0.39, 0.29) is 0 Å². The second-order valence-corrected chi connectivity index (χ2v) is 6.48. The summed E-state index contributed by atoms with van der Waals surface area (Å²) in [4.78, 5) is 2.68. The molecule has 0 amide bonds. The van der Waals surface area contributed by atoms with Crippen molar-refractivity contribution in [2.24, 2.45) is 17.3 Å². The zero-order valence-electron chi connectivity index (χ0n) is 11.4. The van der Waals surface area contributed by atoms with Gasteiger partial charge in [-0.25, -0.2) is 0 Å². The van der Waals surface area contributed by atoms with Gasteiger partial charge in [0.15, 0.2) is 0 Å². The van der Waals surface area contributed by atoms with Gasteiger partial charge in [0.25, 0.3) is 0 Å². The van der Waals surface area contributed by atoms with E-state index in [0.717, 1.165) is 17.9 Å². The average Bonchev–Trinajstić information content (AvgIpc) is 2.63. The average molecular weight is 224 g/mol. The first kappa shape index (κ1) is 12.4. The highest BCUT2D eigenvalue weighted by Gasteiger charge is 2.46. The van der Waals surface area contributed by atoms with E-state index < -0.39 is 0 Å². The molecule has 0 saturated carbocycles. The van der Waals surface area contributed by atoms with Crippen LogP contribution in [0.15, 0.2) is 0 Å². The van der Waals surface area contributed by atoms with Crippen molar-refractivity contribution < 1.29 is 0 Å². The molecule has 2 unspecified atom stereocenters. The fourth-order valence-corrected chi connectivity index (χ4v) is 3.82. The maximum Gasteiger partial charge on any atom is 0.00449 e. The van der Waals surface area contributed by atoms with E-state index in [9.17, 15) is 0 Å². The predicted molar refractivity (Wildman–Crippen MR) is 69.6 cm³/mol. The molecule has 2 saturated heterocycles. The molecule has 0 aromatic heterocycles. The first-order valence-corrected chi connectivity index (χ1v) is 7.00. The fraction of sp³-hybridized carbons (Fsp3) is 1.00. The standard InChI is InChI=1S/C14H28N2/c1-11(2)13-9-15-7-5-14(13)6-8-16(10-14)12(3)4/h11-13,15H,5-10H2,1-4H3. The molecule has 2 fully saturated rings. The number of likely N-dealkylation sites (tertiary alicyclic amines) is 1. The molecule has 2 aliphatic rings. The van der Waals surface area contributed by atoms with Crippen molar-refractivity contribution in [1.29, 1.82) is 0 Å². The Morgan fingerprint density at radius 3 is 2.50 bits per heavy atom. The monoisotopic (exact) mass is 224 g/mol. The second kappa shape index (κ2) is 4.66. The van der Waals surface area contributed by atoms with E-state index in [2.05, 4.69) is 37.9 Å². The summed E-state index contributed by atoms with van der Waals surface area (Å²) in [6, 6.07) is 0.724. The lowest BCUT2D eigenvalue weighted by Gasteiger charge is -2.44. The first-order chi connectivity index (χ1) is 7.55. The van der Waals surface area contributed by atoms with Gasteiger partial charge in [-0.2, -0.15) is 0 Å². The molecule has 94 valence electrons. The highest BCUT2D eigenvalue weighted by atomic mass is 15.2. The van der Waals surface area contributed by atoms with Gasteiger partial charge in [-0.3, -0.25) is 0 Å². The van der Waals surface area contributed by atoms with Crippen LogP contribution in [0.1, 0.15) is 40.5 Å². The van der Waals surface area contributed by atoms with Crippen LogP contribution < -0.4 is 5.32 Å². The van der Waals surface area contributed by atoms with Gasteiger partial charge < -0.3 is 10.2 Å². The van der Waals surface area contributed by atoms with Crippen molar-refractivity contribution in [2.45, 2.75) is 46.6 Å². The third-order valence-corrected chi connectivity index (χ3v) is 4.90. The Morgan fingerprint density at radius 2 is 1.94 bits per heavy atom. The molecule has 0 aliphatic carbocycles. The number of piperidine rings is 1. The lowest BCUT2D eigenvalue weighted by Crippen LogP contribution is -2.49. The molecule has 1 N–H and O–H groups in total. The van der Waals surface area contributed by atoms with Gasteiger partial charge in [-0.15, -0.1) is 0 Å². The lowest BCUT2D eigenvalue weighted by molar-refractivity contribution is 0.0734. The van der Waals surface area contributed by atoms with E-state index in [0.29, 0.717) is 5.41 Å². The quantitative estimate of drug-likeness (QED) is 0.774. The van der Waals surface area contributed by atoms with E-state index >= 15 is 0 Å². The number of nitrogens with zero attached hydrogens (tertiary/aromatic N) is 1. The van der Waals surface area contributed by atoms with Gasteiger partial charge in [0, 0.05) is 12.6 Å². The first-order valence-electron chi connectivity index (χ1n) is 7.00. The van der Waals surface area contributed by atoms with Crippen LogP contribution in [0.25, 0.3) is 0 Å². The number of rotatable bonds is 2. The van der Waals surface area contributed by atoms with Crippen LogP contribution >= 0.6 is 0 Å². The highest BCUT2D eigenvalue weighted by molar-refractivity contribution is 4.99. The maximum atomic E-state index is 3.59. The van der Waals surface area contributed by atoms with Gasteiger partial charge in [0.1, 0.15) is 0 Å². The van der Waals surface area contributed by atoms with Crippen LogP contribution in [0.3, 0.4) is 0 Å². The van der Waals surface area contributed by atoms with Gasteiger partial charge >= 0.3 is 0 Å². The molecule has 0 bridgehead atoms. The van der Waals surface area contributed by atoms with Crippen molar-refractivity contribution >= 4 is 0 Å². The van der Waals surface area contributed by atoms with Gasteiger partial charge in [-0.1, -0.05) is 13.8 Å². The third-order valence-electron chi connectivity index (χ3n) is 4.90. The van der Waals surface area contributed by atoms with Gasteiger partial charge in [0.2, 0.25) is 0 Å². The van der Waals surface area contributed by atoms with Crippen LogP contribution in [0.2, 0.25) is 0 Å². The maximum absolute atomic E-state index is 3.59. The van der Waals surface area contributed by atoms with Crippen molar-refractivity contribution in [1.82, 2.24) is 10.2 Å². The molecule has 2 atom stereocenters. The molecule has 16 heavy (non-hydrogen) atoms. The molecular weight excluding hydrogens is 196 g/mol. The summed E-state index contributed by atoms with van der Waals surface area (Å²) < 4.78 is 0. The minimum Gasteiger partial charge on any atom is -0.316 e. The molecule has 2 rings (SSSR count). The van der Waals surface area contributed by atoms with Crippen LogP contribution in [-0.2, 0) is 0 Å². The number of nitrogens with one attached hydrogen (secondary N) is 1. The Morgan fingerprint density at radius 1 is 1.19 bits per heavy atom. The summed E-state index contributed by atoms with van der Waals surface area (Å²) in [5, 5.41) is 3.59. The van der Waals surface area contributed by atoms with E-state index in [4.69, 9.17) is 0 Å². The zero-order valence-corrected chi connectivity index (χ0v) is 11.4. The molecule has 2 nitrogen and oxygen atoms in total. The minimum atomic E-state index is 0.629. The Kier molecular flexibility index (Phi) is 3.60. The zero-order chi connectivity index (χ0) is 11.8. The van der Waals surface area contributed by atoms with E-state index in [1.165, 1.54) is 39.0 Å². The summed E-state index contributed by atoms with van der Waals surface area (Å²) in [6.07, 6.45) is 2.81. The van der Waals surface area contributed by atoms with Crippen molar-refractivity contribution in [3.8, 4) is 0 Å². The predicted octanol–water partition coefficient (Wildman–Crippen LogP) is 2.35. The van der Waals surface area contributed by atoms with E-state index in [1.807, 2.05) is 0 Å². The fourth-order valence-electron chi connectivity index (χ4n) is 3.82. The molecule has 2 heterocycles. The van der Waals surface area contributed by atoms with Crippen molar-refractivity contribution in [3.63, 3.8) is 0 Å². The molecule has 0 aromatic carbocycles. The molecule has 1 spiro atoms.